The Labute approximate surface area is 113 Å². The summed E-state index contributed by atoms with van der Waals surface area (Å²) in [7, 11) is 0. The molecule has 0 bridgehead atoms. The molecular weight excluding hydrogens is 238 g/mol. The molecule has 0 saturated carbocycles. The van der Waals surface area contributed by atoms with Crippen molar-refractivity contribution in [3.8, 4) is 0 Å². The Kier molecular flexibility index (Phi) is 4.78. The van der Waals surface area contributed by atoms with Crippen LogP contribution in [-0.2, 0) is 4.79 Å². The van der Waals surface area contributed by atoms with Crippen LogP contribution in [0.15, 0.2) is 40.8 Å². The standard InChI is InChI=1S/C16H19NO2/c1-2-3-6-11-17-16(18)10-9-14-12-13-7-4-5-8-15(13)19-14/h4-5,7-10,12H,2-3,6,11H2,1H3,(H,17,18)/b10-9+. The first-order chi connectivity index (χ1) is 9.29. The van der Waals surface area contributed by atoms with E-state index in [1.54, 1.807) is 6.08 Å². The molecule has 0 fully saturated rings. The number of hydrogen-bond donors (Lipinski definition) is 1. The molecule has 100 valence electrons. The van der Waals surface area contributed by atoms with Gasteiger partial charge in [0, 0.05) is 18.0 Å². The van der Waals surface area contributed by atoms with Gasteiger partial charge in [-0.2, -0.15) is 0 Å². The lowest BCUT2D eigenvalue weighted by molar-refractivity contribution is -0.116. The van der Waals surface area contributed by atoms with Crippen molar-refractivity contribution in [3.05, 3.63) is 42.2 Å². The number of fused-ring (bicyclic) bond motifs is 1. The van der Waals surface area contributed by atoms with Gasteiger partial charge in [-0.25, -0.2) is 0 Å². The van der Waals surface area contributed by atoms with Gasteiger partial charge < -0.3 is 9.73 Å². The number of unbranched alkanes of at least 4 members (excludes halogenated alkanes) is 2. The molecule has 19 heavy (non-hydrogen) atoms. The van der Waals surface area contributed by atoms with Crippen molar-refractivity contribution >= 4 is 23.0 Å². The van der Waals surface area contributed by atoms with Gasteiger partial charge in [-0.3, -0.25) is 4.79 Å². The Morgan fingerprint density at radius 1 is 1.32 bits per heavy atom. The van der Waals surface area contributed by atoms with E-state index in [1.807, 2.05) is 30.3 Å². The second kappa shape index (κ2) is 6.78. The molecule has 0 saturated heterocycles. The molecular formula is C16H19NO2. The van der Waals surface area contributed by atoms with Gasteiger partial charge in [0.05, 0.1) is 0 Å². The van der Waals surface area contributed by atoms with Crippen molar-refractivity contribution in [3.63, 3.8) is 0 Å². The lowest BCUT2D eigenvalue weighted by atomic mass is 10.2. The molecule has 0 aliphatic heterocycles. The molecule has 0 aliphatic rings. The van der Waals surface area contributed by atoms with Gasteiger partial charge in [-0.05, 0) is 24.6 Å². The fraction of sp³-hybridized carbons (Fsp3) is 0.312. The highest BCUT2D eigenvalue weighted by molar-refractivity contribution is 5.92. The molecule has 0 atom stereocenters. The van der Waals surface area contributed by atoms with Crippen molar-refractivity contribution in [2.75, 3.05) is 6.54 Å². The van der Waals surface area contributed by atoms with E-state index in [1.165, 1.54) is 6.08 Å². The van der Waals surface area contributed by atoms with Crippen LogP contribution in [0.25, 0.3) is 17.0 Å². The fourth-order valence-corrected chi connectivity index (χ4v) is 1.89. The van der Waals surface area contributed by atoms with Crippen LogP contribution in [0.5, 0.6) is 0 Å². The number of benzene rings is 1. The average Bonchev–Trinajstić information content (AvgIpc) is 2.84. The van der Waals surface area contributed by atoms with Crippen LogP contribution in [-0.4, -0.2) is 12.5 Å². The molecule has 0 radical (unpaired) electrons. The fourth-order valence-electron chi connectivity index (χ4n) is 1.89. The highest BCUT2D eigenvalue weighted by atomic mass is 16.3. The third-order valence-electron chi connectivity index (χ3n) is 2.92. The van der Waals surface area contributed by atoms with Crippen LogP contribution in [0.2, 0.25) is 0 Å². The Bertz CT molecular complexity index is 536. The number of furan rings is 1. The lowest BCUT2D eigenvalue weighted by Gasteiger charge is -1.99. The predicted molar refractivity (Wildman–Crippen MR) is 77.8 cm³/mol. The van der Waals surface area contributed by atoms with Crippen molar-refractivity contribution in [2.24, 2.45) is 0 Å². The van der Waals surface area contributed by atoms with E-state index >= 15 is 0 Å². The number of hydrogen-bond acceptors (Lipinski definition) is 2. The van der Waals surface area contributed by atoms with Crippen molar-refractivity contribution in [1.29, 1.82) is 0 Å². The zero-order valence-electron chi connectivity index (χ0n) is 11.2. The first-order valence-electron chi connectivity index (χ1n) is 6.74. The van der Waals surface area contributed by atoms with E-state index in [0.29, 0.717) is 5.76 Å². The topological polar surface area (TPSA) is 42.2 Å². The molecule has 1 aromatic heterocycles. The van der Waals surface area contributed by atoms with Gasteiger partial charge in [0.2, 0.25) is 5.91 Å². The van der Waals surface area contributed by atoms with Crippen LogP contribution in [0.3, 0.4) is 0 Å². The van der Waals surface area contributed by atoms with E-state index in [-0.39, 0.29) is 5.91 Å². The summed E-state index contributed by atoms with van der Waals surface area (Å²) >= 11 is 0. The Morgan fingerprint density at radius 3 is 2.95 bits per heavy atom. The van der Waals surface area contributed by atoms with Crippen LogP contribution in [0.4, 0.5) is 0 Å². The van der Waals surface area contributed by atoms with Gasteiger partial charge in [0.25, 0.3) is 0 Å². The van der Waals surface area contributed by atoms with Crippen LogP contribution in [0.1, 0.15) is 31.9 Å². The van der Waals surface area contributed by atoms with E-state index in [2.05, 4.69) is 12.2 Å². The Balaban J connectivity index is 1.89. The van der Waals surface area contributed by atoms with Gasteiger partial charge in [0.15, 0.2) is 0 Å². The average molecular weight is 257 g/mol. The monoisotopic (exact) mass is 257 g/mol. The number of para-hydroxylation sites is 1. The minimum atomic E-state index is -0.0726. The molecule has 3 heteroatoms. The molecule has 1 N–H and O–H groups in total. The van der Waals surface area contributed by atoms with Crippen molar-refractivity contribution < 1.29 is 9.21 Å². The number of amides is 1. The van der Waals surface area contributed by atoms with Gasteiger partial charge in [0.1, 0.15) is 11.3 Å². The minimum absolute atomic E-state index is 0.0726. The SMILES string of the molecule is CCCCCNC(=O)/C=C/c1cc2ccccc2o1. The van der Waals surface area contributed by atoms with Crippen molar-refractivity contribution in [1.82, 2.24) is 5.32 Å². The Morgan fingerprint density at radius 2 is 2.16 bits per heavy atom. The smallest absolute Gasteiger partial charge is 0.244 e. The minimum Gasteiger partial charge on any atom is -0.457 e. The highest BCUT2D eigenvalue weighted by Gasteiger charge is 2.00. The molecule has 1 aromatic carbocycles. The second-order valence-electron chi connectivity index (χ2n) is 4.52. The third kappa shape index (κ3) is 3.98. The highest BCUT2D eigenvalue weighted by Crippen LogP contribution is 2.19. The maximum Gasteiger partial charge on any atom is 0.244 e. The van der Waals surface area contributed by atoms with Gasteiger partial charge in [-0.1, -0.05) is 38.0 Å². The lowest BCUT2D eigenvalue weighted by Crippen LogP contribution is -2.21. The van der Waals surface area contributed by atoms with E-state index in [0.717, 1.165) is 36.8 Å². The maximum atomic E-state index is 11.6. The summed E-state index contributed by atoms with van der Waals surface area (Å²) in [6, 6.07) is 9.72. The van der Waals surface area contributed by atoms with E-state index in [4.69, 9.17) is 4.42 Å². The molecule has 0 unspecified atom stereocenters. The molecule has 3 nitrogen and oxygen atoms in total. The normalized spacial score (nSPS) is 11.2. The summed E-state index contributed by atoms with van der Waals surface area (Å²) in [4.78, 5) is 11.6. The van der Waals surface area contributed by atoms with Crippen LogP contribution >= 0.6 is 0 Å². The Hall–Kier alpha value is -2.03. The molecule has 1 heterocycles. The molecule has 2 aromatic rings. The number of carbonyl (C=O) groups is 1. The summed E-state index contributed by atoms with van der Waals surface area (Å²) in [6.45, 7) is 2.88. The summed E-state index contributed by atoms with van der Waals surface area (Å²) in [5.41, 5.74) is 0.838. The van der Waals surface area contributed by atoms with E-state index in [9.17, 15) is 4.79 Å². The first kappa shape index (κ1) is 13.4. The maximum absolute atomic E-state index is 11.6. The van der Waals surface area contributed by atoms with E-state index < -0.39 is 0 Å². The first-order valence-corrected chi connectivity index (χ1v) is 6.74. The quantitative estimate of drug-likeness (QED) is 0.632. The van der Waals surface area contributed by atoms with Gasteiger partial charge in [-0.15, -0.1) is 0 Å². The summed E-state index contributed by atoms with van der Waals surface area (Å²) in [6.07, 6.45) is 6.55. The molecule has 1 amide bonds. The predicted octanol–water partition coefficient (Wildman–Crippen LogP) is 3.75. The third-order valence-corrected chi connectivity index (χ3v) is 2.92. The number of rotatable bonds is 6. The van der Waals surface area contributed by atoms with Crippen LogP contribution in [0, 0.1) is 0 Å². The summed E-state index contributed by atoms with van der Waals surface area (Å²) in [5, 5.41) is 3.90. The second-order valence-corrected chi connectivity index (χ2v) is 4.52. The molecule has 2 rings (SSSR count). The molecule has 0 spiro atoms. The van der Waals surface area contributed by atoms with Gasteiger partial charge >= 0.3 is 0 Å². The van der Waals surface area contributed by atoms with Crippen molar-refractivity contribution in [2.45, 2.75) is 26.2 Å². The zero-order valence-corrected chi connectivity index (χ0v) is 11.2. The molecule has 0 aliphatic carbocycles. The zero-order chi connectivity index (χ0) is 13.5. The summed E-state index contributed by atoms with van der Waals surface area (Å²) < 4.78 is 5.59. The van der Waals surface area contributed by atoms with Crippen LogP contribution < -0.4 is 5.32 Å². The largest absolute Gasteiger partial charge is 0.457 e. The number of nitrogens with one attached hydrogen (secondary N) is 1. The summed E-state index contributed by atoms with van der Waals surface area (Å²) in [5.74, 6) is 0.626. The number of carbonyl (C=O) groups excluding carboxylic acids is 1.